The molecular formula is C15H17FN2O3. The molecule has 0 heterocycles. The number of hydrogen-bond donors (Lipinski definition) is 3. The zero-order valence-corrected chi connectivity index (χ0v) is 11.9. The number of primary amides is 1. The Morgan fingerprint density at radius 1 is 1.43 bits per heavy atom. The molecule has 0 aliphatic carbocycles. The van der Waals surface area contributed by atoms with Crippen LogP contribution in [0.5, 0.6) is 0 Å². The molecule has 21 heavy (non-hydrogen) atoms. The number of aliphatic hydroxyl groups excluding tert-OH is 1. The van der Waals surface area contributed by atoms with E-state index in [0.29, 0.717) is 5.56 Å². The van der Waals surface area contributed by atoms with Crippen LogP contribution >= 0.6 is 0 Å². The van der Waals surface area contributed by atoms with Crippen LogP contribution in [0.4, 0.5) is 4.39 Å². The Kier molecular flexibility index (Phi) is 5.44. The topological polar surface area (TPSA) is 92.4 Å². The van der Waals surface area contributed by atoms with Crippen molar-refractivity contribution >= 4 is 11.8 Å². The molecular weight excluding hydrogens is 275 g/mol. The predicted molar refractivity (Wildman–Crippen MR) is 75.7 cm³/mol. The Balaban J connectivity index is 2.82. The second-order valence-electron chi connectivity index (χ2n) is 5.09. The molecule has 0 saturated heterocycles. The molecule has 1 aromatic carbocycles. The van der Waals surface area contributed by atoms with Gasteiger partial charge in [0.15, 0.2) is 0 Å². The summed E-state index contributed by atoms with van der Waals surface area (Å²) in [7, 11) is 0. The maximum atomic E-state index is 13.8. The molecule has 6 heteroatoms. The van der Waals surface area contributed by atoms with Crippen LogP contribution < -0.4 is 11.1 Å². The van der Waals surface area contributed by atoms with Crippen molar-refractivity contribution in [2.24, 2.45) is 11.1 Å². The van der Waals surface area contributed by atoms with Crippen molar-refractivity contribution in [1.29, 1.82) is 0 Å². The Labute approximate surface area is 122 Å². The molecule has 0 bridgehead atoms. The number of hydrogen-bond acceptors (Lipinski definition) is 3. The van der Waals surface area contributed by atoms with Crippen LogP contribution in [-0.4, -0.2) is 30.1 Å². The number of aliphatic hydroxyl groups is 1. The van der Waals surface area contributed by atoms with E-state index in [9.17, 15) is 14.0 Å². The smallest absolute Gasteiger partial charge is 0.254 e. The molecule has 4 N–H and O–H groups in total. The first-order chi connectivity index (χ1) is 9.77. The summed E-state index contributed by atoms with van der Waals surface area (Å²) in [5.41, 5.74) is 4.48. The molecule has 1 rings (SSSR count). The SMILES string of the molecule is CC(C)(CNC(=O)c1ccc(C#CCO)cc1F)C(N)=O. The van der Waals surface area contributed by atoms with Gasteiger partial charge in [-0.1, -0.05) is 11.8 Å². The van der Waals surface area contributed by atoms with Crippen molar-refractivity contribution in [3.8, 4) is 11.8 Å². The number of carbonyl (C=O) groups excluding carboxylic acids is 2. The lowest BCUT2D eigenvalue weighted by atomic mass is 9.92. The first-order valence-corrected chi connectivity index (χ1v) is 6.25. The molecule has 0 atom stereocenters. The van der Waals surface area contributed by atoms with Gasteiger partial charge in [0.2, 0.25) is 5.91 Å². The molecule has 0 aromatic heterocycles. The van der Waals surface area contributed by atoms with Crippen molar-refractivity contribution in [1.82, 2.24) is 5.32 Å². The molecule has 0 radical (unpaired) electrons. The minimum absolute atomic E-state index is 0.00662. The van der Waals surface area contributed by atoms with Gasteiger partial charge in [-0.05, 0) is 32.0 Å². The Morgan fingerprint density at radius 3 is 2.62 bits per heavy atom. The van der Waals surface area contributed by atoms with Gasteiger partial charge in [-0.25, -0.2) is 4.39 Å². The minimum atomic E-state index is -0.918. The van der Waals surface area contributed by atoms with Gasteiger partial charge >= 0.3 is 0 Å². The van der Waals surface area contributed by atoms with Gasteiger partial charge < -0.3 is 16.2 Å². The van der Waals surface area contributed by atoms with E-state index in [0.717, 1.165) is 6.07 Å². The monoisotopic (exact) mass is 292 g/mol. The third-order valence-electron chi connectivity index (χ3n) is 2.88. The molecule has 0 aliphatic heterocycles. The van der Waals surface area contributed by atoms with Crippen molar-refractivity contribution in [3.05, 3.63) is 35.1 Å². The molecule has 0 fully saturated rings. The molecule has 0 aliphatic rings. The Morgan fingerprint density at radius 2 is 2.10 bits per heavy atom. The maximum absolute atomic E-state index is 13.8. The van der Waals surface area contributed by atoms with Crippen LogP contribution in [-0.2, 0) is 4.79 Å². The van der Waals surface area contributed by atoms with Gasteiger partial charge in [-0.15, -0.1) is 0 Å². The van der Waals surface area contributed by atoms with Gasteiger partial charge in [0.05, 0.1) is 11.0 Å². The van der Waals surface area contributed by atoms with Crippen LogP contribution in [0, 0.1) is 23.1 Å². The van der Waals surface area contributed by atoms with Crippen molar-refractivity contribution < 1.29 is 19.1 Å². The Bertz CT molecular complexity index is 615. The molecule has 2 amide bonds. The van der Waals surface area contributed by atoms with E-state index >= 15 is 0 Å². The largest absolute Gasteiger partial charge is 0.384 e. The molecule has 0 saturated carbocycles. The number of halogens is 1. The summed E-state index contributed by atoms with van der Waals surface area (Å²) in [6, 6.07) is 3.88. The number of amides is 2. The third kappa shape index (κ3) is 4.58. The summed E-state index contributed by atoms with van der Waals surface area (Å²) < 4.78 is 13.8. The normalized spacial score (nSPS) is 10.5. The zero-order chi connectivity index (χ0) is 16.0. The highest BCUT2D eigenvalue weighted by Crippen LogP contribution is 2.14. The minimum Gasteiger partial charge on any atom is -0.384 e. The summed E-state index contributed by atoms with van der Waals surface area (Å²) in [6.07, 6.45) is 0. The van der Waals surface area contributed by atoms with Crippen LogP contribution in [0.15, 0.2) is 18.2 Å². The number of nitrogens with one attached hydrogen (secondary N) is 1. The number of nitrogens with two attached hydrogens (primary N) is 1. The maximum Gasteiger partial charge on any atom is 0.254 e. The standard InChI is InChI=1S/C15H17FN2O3/c1-15(2,14(17)21)9-18-13(20)11-6-5-10(4-3-7-19)8-12(11)16/h5-6,8,19H,7,9H2,1-2H3,(H2,17,21)(H,18,20). The molecule has 112 valence electrons. The van der Waals surface area contributed by atoms with E-state index in [1.54, 1.807) is 13.8 Å². The average molecular weight is 292 g/mol. The fourth-order valence-electron chi connectivity index (χ4n) is 1.40. The van der Waals surface area contributed by atoms with E-state index in [4.69, 9.17) is 10.8 Å². The van der Waals surface area contributed by atoms with Gasteiger partial charge in [-0.3, -0.25) is 9.59 Å². The van der Waals surface area contributed by atoms with Gasteiger partial charge in [0.25, 0.3) is 5.91 Å². The zero-order valence-electron chi connectivity index (χ0n) is 11.9. The van der Waals surface area contributed by atoms with Crippen molar-refractivity contribution in [2.45, 2.75) is 13.8 Å². The lowest BCUT2D eigenvalue weighted by Crippen LogP contribution is -2.42. The van der Waals surface area contributed by atoms with Crippen molar-refractivity contribution in [3.63, 3.8) is 0 Å². The highest BCUT2D eigenvalue weighted by molar-refractivity contribution is 5.95. The lowest BCUT2D eigenvalue weighted by Gasteiger charge is -2.20. The van der Waals surface area contributed by atoms with Crippen molar-refractivity contribution in [2.75, 3.05) is 13.2 Å². The molecule has 5 nitrogen and oxygen atoms in total. The van der Waals surface area contributed by atoms with Gasteiger partial charge in [0, 0.05) is 12.1 Å². The number of rotatable bonds is 4. The summed E-state index contributed by atoms with van der Waals surface area (Å²) in [6.45, 7) is 2.85. The van der Waals surface area contributed by atoms with Crippen LogP contribution in [0.1, 0.15) is 29.8 Å². The number of benzene rings is 1. The third-order valence-corrected chi connectivity index (χ3v) is 2.88. The summed E-state index contributed by atoms with van der Waals surface area (Å²) in [5, 5.41) is 11.0. The van der Waals surface area contributed by atoms with E-state index in [1.165, 1.54) is 12.1 Å². The van der Waals surface area contributed by atoms with E-state index < -0.39 is 23.0 Å². The van der Waals surface area contributed by atoms with E-state index in [1.807, 2.05) is 0 Å². The van der Waals surface area contributed by atoms with Gasteiger partial charge in [0.1, 0.15) is 12.4 Å². The first kappa shape index (κ1) is 16.7. The second kappa shape index (κ2) is 6.86. The summed E-state index contributed by atoms with van der Waals surface area (Å²) >= 11 is 0. The van der Waals surface area contributed by atoms with Crippen LogP contribution in [0.2, 0.25) is 0 Å². The second-order valence-corrected chi connectivity index (χ2v) is 5.09. The highest BCUT2D eigenvalue weighted by atomic mass is 19.1. The fraction of sp³-hybridized carbons (Fsp3) is 0.333. The molecule has 1 aromatic rings. The molecule has 0 unspecified atom stereocenters. The Hall–Kier alpha value is -2.39. The lowest BCUT2D eigenvalue weighted by molar-refractivity contribution is -0.125. The quantitative estimate of drug-likeness (QED) is 0.702. The van der Waals surface area contributed by atoms with E-state index in [-0.39, 0.29) is 18.7 Å². The highest BCUT2D eigenvalue weighted by Gasteiger charge is 2.26. The summed E-state index contributed by atoms with van der Waals surface area (Å²) in [4.78, 5) is 23.0. The van der Waals surface area contributed by atoms with Gasteiger partial charge in [-0.2, -0.15) is 0 Å². The fourth-order valence-corrected chi connectivity index (χ4v) is 1.40. The predicted octanol–water partition coefficient (Wildman–Crippen LogP) is 0.411. The molecule has 0 spiro atoms. The number of carbonyl (C=O) groups is 2. The van der Waals surface area contributed by atoms with Crippen LogP contribution in [0.25, 0.3) is 0 Å². The first-order valence-electron chi connectivity index (χ1n) is 6.25. The van der Waals surface area contributed by atoms with Crippen LogP contribution in [0.3, 0.4) is 0 Å². The average Bonchev–Trinajstić information content (AvgIpc) is 2.42. The van der Waals surface area contributed by atoms with E-state index in [2.05, 4.69) is 17.2 Å². The summed E-state index contributed by atoms with van der Waals surface area (Å²) in [5.74, 6) is 3.00.